The average molecular weight is 362 g/mol. The average Bonchev–Trinajstić information content (AvgIpc) is 3.16. The Bertz CT molecular complexity index is 995. The molecule has 1 atom stereocenters. The van der Waals surface area contributed by atoms with E-state index in [0.29, 0.717) is 17.2 Å². The topological polar surface area (TPSA) is 94.0 Å². The van der Waals surface area contributed by atoms with E-state index in [1.165, 1.54) is 6.33 Å². The van der Waals surface area contributed by atoms with Crippen LogP contribution in [0.3, 0.4) is 0 Å². The fourth-order valence-corrected chi connectivity index (χ4v) is 3.10. The van der Waals surface area contributed by atoms with Gasteiger partial charge in [0.1, 0.15) is 18.1 Å². The molecular formula is C19H18N6O2. The molecule has 0 aliphatic carbocycles. The lowest BCUT2D eigenvalue weighted by Gasteiger charge is -2.28. The molecule has 0 saturated carbocycles. The number of benzene rings is 1. The standard InChI is InChI=1S/C19H18N6O2/c1-12-16(18(26)24-14-5-7-15(27-2)8-6-14)17(13-4-3-9-20-10-13)25-19(23-12)21-11-22-25/h3-11,17H,1-2H3,(H,24,26)(H,21,22,23)/t17-/m0/s1. The second kappa shape index (κ2) is 6.91. The summed E-state index contributed by atoms with van der Waals surface area (Å²) in [7, 11) is 1.60. The van der Waals surface area contributed by atoms with Crippen molar-refractivity contribution in [2.75, 3.05) is 17.7 Å². The molecule has 27 heavy (non-hydrogen) atoms. The smallest absolute Gasteiger partial charge is 0.255 e. The van der Waals surface area contributed by atoms with Gasteiger partial charge in [-0.25, -0.2) is 4.68 Å². The summed E-state index contributed by atoms with van der Waals surface area (Å²) in [6, 6.07) is 10.5. The second-order valence-electron chi connectivity index (χ2n) is 6.06. The molecule has 0 bridgehead atoms. The lowest BCUT2D eigenvalue weighted by Crippen LogP contribution is -2.31. The Labute approximate surface area is 155 Å². The van der Waals surface area contributed by atoms with Gasteiger partial charge in [0.15, 0.2) is 0 Å². The van der Waals surface area contributed by atoms with Crippen LogP contribution < -0.4 is 15.4 Å². The van der Waals surface area contributed by atoms with E-state index in [1.54, 1.807) is 48.5 Å². The van der Waals surface area contributed by atoms with Crippen molar-refractivity contribution in [1.82, 2.24) is 19.7 Å². The molecule has 4 rings (SSSR count). The minimum Gasteiger partial charge on any atom is -0.497 e. The van der Waals surface area contributed by atoms with Crippen LogP contribution in [0, 0.1) is 0 Å². The number of nitrogens with one attached hydrogen (secondary N) is 2. The van der Waals surface area contributed by atoms with Crippen LogP contribution in [0.5, 0.6) is 5.75 Å². The molecule has 1 aliphatic heterocycles. The summed E-state index contributed by atoms with van der Waals surface area (Å²) in [6.07, 6.45) is 4.89. The number of methoxy groups -OCH3 is 1. The van der Waals surface area contributed by atoms with Gasteiger partial charge in [-0.3, -0.25) is 9.78 Å². The van der Waals surface area contributed by atoms with Gasteiger partial charge in [-0.2, -0.15) is 10.1 Å². The molecule has 2 aromatic heterocycles. The van der Waals surface area contributed by atoms with E-state index in [-0.39, 0.29) is 5.91 Å². The van der Waals surface area contributed by atoms with Crippen molar-refractivity contribution in [2.24, 2.45) is 0 Å². The van der Waals surface area contributed by atoms with E-state index >= 15 is 0 Å². The third-order valence-electron chi connectivity index (χ3n) is 4.39. The molecule has 8 heteroatoms. The van der Waals surface area contributed by atoms with Crippen LogP contribution in [-0.4, -0.2) is 32.8 Å². The van der Waals surface area contributed by atoms with E-state index < -0.39 is 6.04 Å². The number of anilines is 2. The van der Waals surface area contributed by atoms with Gasteiger partial charge >= 0.3 is 0 Å². The van der Waals surface area contributed by atoms with E-state index in [1.807, 2.05) is 19.1 Å². The minimum absolute atomic E-state index is 0.222. The highest BCUT2D eigenvalue weighted by atomic mass is 16.5. The molecule has 0 fully saturated rings. The Morgan fingerprint density at radius 1 is 1.26 bits per heavy atom. The van der Waals surface area contributed by atoms with Crippen LogP contribution >= 0.6 is 0 Å². The second-order valence-corrected chi connectivity index (χ2v) is 6.06. The summed E-state index contributed by atoms with van der Waals surface area (Å²) >= 11 is 0. The number of rotatable bonds is 4. The van der Waals surface area contributed by atoms with Crippen molar-refractivity contribution in [3.8, 4) is 5.75 Å². The highest BCUT2D eigenvalue weighted by Crippen LogP contribution is 2.34. The van der Waals surface area contributed by atoms with Crippen LogP contribution in [0.1, 0.15) is 18.5 Å². The fourth-order valence-electron chi connectivity index (χ4n) is 3.10. The first kappa shape index (κ1) is 16.8. The molecular weight excluding hydrogens is 344 g/mol. The number of nitrogens with zero attached hydrogens (tertiary/aromatic N) is 4. The zero-order valence-electron chi connectivity index (χ0n) is 14.9. The van der Waals surface area contributed by atoms with Crippen LogP contribution in [0.2, 0.25) is 0 Å². The fraction of sp³-hybridized carbons (Fsp3) is 0.158. The number of allylic oxidation sites excluding steroid dienone is 1. The zero-order chi connectivity index (χ0) is 18.8. The molecule has 136 valence electrons. The van der Waals surface area contributed by atoms with Gasteiger partial charge in [0, 0.05) is 23.8 Å². The molecule has 1 aromatic carbocycles. The number of carbonyl (C=O) groups is 1. The number of hydrogen-bond acceptors (Lipinski definition) is 6. The van der Waals surface area contributed by atoms with Gasteiger partial charge in [-0.15, -0.1) is 0 Å². The highest BCUT2D eigenvalue weighted by Gasteiger charge is 2.33. The lowest BCUT2D eigenvalue weighted by atomic mass is 9.96. The summed E-state index contributed by atoms with van der Waals surface area (Å²) in [5, 5.41) is 10.4. The Morgan fingerprint density at radius 2 is 2.07 bits per heavy atom. The van der Waals surface area contributed by atoms with E-state index in [0.717, 1.165) is 17.0 Å². The summed E-state index contributed by atoms with van der Waals surface area (Å²) < 4.78 is 6.84. The number of amides is 1. The Kier molecular flexibility index (Phi) is 4.29. The molecule has 1 aliphatic rings. The molecule has 0 saturated heterocycles. The maximum atomic E-state index is 13.1. The van der Waals surface area contributed by atoms with Gasteiger partial charge in [-0.1, -0.05) is 6.07 Å². The zero-order valence-corrected chi connectivity index (χ0v) is 14.9. The first-order valence-electron chi connectivity index (χ1n) is 8.40. The summed E-state index contributed by atoms with van der Waals surface area (Å²) in [5.41, 5.74) is 2.80. The van der Waals surface area contributed by atoms with Gasteiger partial charge in [0.05, 0.1) is 12.7 Å². The Balaban J connectivity index is 1.70. The first-order valence-corrected chi connectivity index (χ1v) is 8.40. The normalized spacial score (nSPS) is 15.7. The van der Waals surface area contributed by atoms with Crippen molar-refractivity contribution in [3.05, 3.63) is 72.0 Å². The van der Waals surface area contributed by atoms with Crippen molar-refractivity contribution >= 4 is 17.5 Å². The van der Waals surface area contributed by atoms with Crippen LogP contribution in [0.15, 0.2) is 66.4 Å². The van der Waals surface area contributed by atoms with E-state index in [4.69, 9.17) is 4.74 Å². The van der Waals surface area contributed by atoms with Crippen molar-refractivity contribution in [2.45, 2.75) is 13.0 Å². The highest BCUT2D eigenvalue weighted by molar-refractivity contribution is 6.06. The third-order valence-corrected chi connectivity index (χ3v) is 4.39. The van der Waals surface area contributed by atoms with E-state index in [9.17, 15) is 4.79 Å². The molecule has 0 spiro atoms. The molecule has 3 aromatic rings. The number of fused-ring (bicyclic) bond motifs is 1. The van der Waals surface area contributed by atoms with E-state index in [2.05, 4.69) is 25.7 Å². The number of hydrogen-bond donors (Lipinski definition) is 2. The van der Waals surface area contributed by atoms with Gasteiger partial charge in [0.25, 0.3) is 5.91 Å². The predicted octanol–water partition coefficient (Wildman–Crippen LogP) is 2.61. The van der Waals surface area contributed by atoms with Crippen LogP contribution in [0.25, 0.3) is 0 Å². The quantitative estimate of drug-likeness (QED) is 0.741. The third kappa shape index (κ3) is 3.12. The number of ether oxygens (including phenoxy) is 1. The molecule has 1 amide bonds. The Morgan fingerprint density at radius 3 is 2.78 bits per heavy atom. The van der Waals surface area contributed by atoms with Gasteiger partial charge in [0.2, 0.25) is 5.95 Å². The summed E-state index contributed by atoms with van der Waals surface area (Å²) in [6.45, 7) is 1.85. The van der Waals surface area contributed by atoms with Crippen LogP contribution in [-0.2, 0) is 4.79 Å². The summed E-state index contributed by atoms with van der Waals surface area (Å²) in [4.78, 5) is 21.5. The predicted molar refractivity (Wildman–Crippen MR) is 100 cm³/mol. The number of carbonyl (C=O) groups excluding carboxylic acids is 1. The maximum Gasteiger partial charge on any atom is 0.255 e. The molecule has 8 nitrogen and oxygen atoms in total. The van der Waals surface area contributed by atoms with Gasteiger partial charge in [-0.05, 0) is 42.8 Å². The van der Waals surface area contributed by atoms with Crippen LogP contribution in [0.4, 0.5) is 11.6 Å². The molecule has 3 heterocycles. The van der Waals surface area contributed by atoms with Crippen molar-refractivity contribution in [3.63, 3.8) is 0 Å². The lowest BCUT2D eigenvalue weighted by molar-refractivity contribution is -0.113. The number of aromatic nitrogens is 4. The maximum absolute atomic E-state index is 13.1. The van der Waals surface area contributed by atoms with Crippen molar-refractivity contribution < 1.29 is 9.53 Å². The Hall–Kier alpha value is -3.68. The largest absolute Gasteiger partial charge is 0.497 e. The molecule has 2 N–H and O–H groups in total. The number of pyridine rings is 1. The SMILES string of the molecule is COc1ccc(NC(=O)C2=C(C)Nc3ncnn3[C@H]2c2cccnc2)cc1. The monoisotopic (exact) mass is 362 g/mol. The molecule has 0 radical (unpaired) electrons. The summed E-state index contributed by atoms with van der Waals surface area (Å²) in [5.74, 6) is 1.09. The first-order chi connectivity index (χ1) is 13.2. The van der Waals surface area contributed by atoms with Gasteiger partial charge < -0.3 is 15.4 Å². The minimum atomic E-state index is -0.421. The molecule has 0 unspecified atom stereocenters. The van der Waals surface area contributed by atoms with Crippen molar-refractivity contribution in [1.29, 1.82) is 0 Å².